The molecule has 5 heteroatoms. The lowest BCUT2D eigenvalue weighted by Gasteiger charge is -2.31. The van der Waals surface area contributed by atoms with Crippen LogP contribution < -0.4 is 10.5 Å². The molecular weight excluding hydrogens is 284 g/mol. The maximum absolute atomic E-state index is 13.8. The third-order valence-electron chi connectivity index (χ3n) is 3.43. The molecule has 0 radical (unpaired) electrons. The molecule has 0 saturated carbocycles. The SMILES string of the molecule is N[C@H]1CC(c2c(F)cccc2F)Oc2ccc(Cl)cc21. The van der Waals surface area contributed by atoms with Gasteiger partial charge in [-0.1, -0.05) is 17.7 Å². The molecule has 2 N–H and O–H groups in total. The number of hydrogen-bond acceptors (Lipinski definition) is 2. The normalized spacial score (nSPS) is 21.2. The van der Waals surface area contributed by atoms with E-state index < -0.39 is 17.7 Å². The van der Waals surface area contributed by atoms with Crippen LogP contribution in [0.15, 0.2) is 36.4 Å². The van der Waals surface area contributed by atoms with E-state index in [0.717, 1.165) is 5.56 Å². The second-order valence-corrected chi connectivity index (χ2v) is 5.20. The van der Waals surface area contributed by atoms with Crippen LogP contribution >= 0.6 is 11.6 Å². The van der Waals surface area contributed by atoms with Gasteiger partial charge in [-0.2, -0.15) is 0 Å². The molecule has 2 atom stereocenters. The second kappa shape index (κ2) is 5.04. The van der Waals surface area contributed by atoms with Gasteiger partial charge in [-0.15, -0.1) is 0 Å². The third-order valence-corrected chi connectivity index (χ3v) is 3.67. The standard InChI is InChI=1S/C15H12ClF2NO/c16-8-4-5-13-9(6-8)12(19)7-14(20-13)15-10(17)2-1-3-11(15)18/h1-6,12,14H,7,19H2/t12-,14?/m0/s1. The van der Waals surface area contributed by atoms with E-state index in [-0.39, 0.29) is 11.6 Å². The van der Waals surface area contributed by atoms with Gasteiger partial charge in [-0.3, -0.25) is 0 Å². The van der Waals surface area contributed by atoms with Gasteiger partial charge in [-0.05, 0) is 30.3 Å². The molecule has 0 bridgehead atoms. The molecule has 2 aromatic carbocycles. The Balaban J connectivity index is 2.01. The summed E-state index contributed by atoms with van der Waals surface area (Å²) in [5.74, 6) is -0.736. The molecule has 20 heavy (non-hydrogen) atoms. The molecule has 104 valence electrons. The molecular formula is C15H12ClF2NO. The molecule has 2 nitrogen and oxygen atoms in total. The Morgan fingerprint density at radius 2 is 1.85 bits per heavy atom. The lowest BCUT2D eigenvalue weighted by molar-refractivity contribution is 0.153. The summed E-state index contributed by atoms with van der Waals surface area (Å²) in [7, 11) is 0. The summed E-state index contributed by atoms with van der Waals surface area (Å²) in [6, 6.07) is 8.42. The zero-order valence-corrected chi connectivity index (χ0v) is 11.2. The van der Waals surface area contributed by atoms with E-state index in [4.69, 9.17) is 22.1 Å². The smallest absolute Gasteiger partial charge is 0.133 e. The zero-order chi connectivity index (χ0) is 14.3. The van der Waals surface area contributed by atoms with Gasteiger partial charge in [0.1, 0.15) is 23.5 Å². The van der Waals surface area contributed by atoms with Crippen LogP contribution in [0.1, 0.15) is 29.7 Å². The molecule has 0 saturated heterocycles. The molecule has 1 heterocycles. The number of ether oxygens (including phenoxy) is 1. The maximum Gasteiger partial charge on any atom is 0.133 e. The van der Waals surface area contributed by atoms with Crippen LogP contribution in [0.2, 0.25) is 5.02 Å². The van der Waals surface area contributed by atoms with Gasteiger partial charge >= 0.3 is 0 Å². The van der Waals surface area contributed by atoms with E-state index in [2.05, 4.69) is 0 Å². The summed E-state index contributed by atoms with van der Waals surface area (Å²) < 4.78 is 33.3. The van der Waals surface area contributed by atoms with Crippen LogP contribution in [0, 0.1) is 11.6 Å². The number of hydrogen-bond donors (Lipinski definition) is 1. The van der Waals surface area contributed by atoms with Crippen molar-refractivity contribution in [1.29, 1.82) is 0 Å². The predicted molar refractivity (Wildman–Crippen MR) is 72.7 cm³/mol. The van der Waals surface area contributed by atoms with Gasteiger partial charge in [0.05, 0.1) is 5.56 Å². The largest absolute Gasteiger partial charge is 0.485 e. The molecule has 0 amide bonds. The van der Waals surface area contributed by atoms with E-state index in [9.17, 15) is 8.78 Å². The van der Waals surface area contributed by atoms with Crippen LogP contribution in [0.25, 0.3) is 0 Å². The lowest BCUT2D eigenvalue weighted by atomic mass is 9.93. The van der Waals surface area contributed by atoms with Crippen molar-refractivity contribution in [3.05, 3.63) is 64.2 Å². The summed E-state index contributed by atoms with van der Waals surface area (Å²) >= 11 is 5.91. The Morgan fingerprint density at radius 3 is 2.55 bits per heavy atom. The first-order valence-electron chi connectivity index (χ1n) is 6.22. The Hall–Kier alpha value is -1.65. The van der Waals surface area contributed by atoms with E-state index in [1.54, 1.807) is 18.2 Å². The molecule has 1 aliphatic heterocycles. The van der Waals surface area contributed by atoms with Crippen LogP contribution in [0.4, 0.5) is 8.78 Å². The zero-order valence-electron chi connectivity index (χ0n) is 10.4. The minimum Gasteiger partial charge on any atom is -0.485 e. The van der Waals surface area contributed by atoms with Crippen molar-refractivity contribution in [2.75, 3.05) is 0 Å². The highest BCUT2D eigenvalue weighted by molar-refractivity contribution is 6.30. The topological polar surface area (TPSA) is 35.2 Å². The van der Waals surface area contributed by atoms with Crippen molar-refractivity contribution >= 4 is 11.6 Å². The van der Waals surface area contributed by atoms with Gasteiger partial charge in [0, 0.05) is 23.0 Å². The van der Waals surface area contributed by atoms with Crippen LogP contribution in [0.3, 0.4) is 0 Å². The quantitative estimate of drug-likeness (QED) is 0.858. The fraction of sp³-hybridized carbons (Fsp3) is 0.200. The third kappa shape index (κ3) is 2.25. The van der Waals surface area contributed by atoms with Crippen LogP contribution in [0.5, 0.6) is 5.75 Å². The Morgan fingerprint density at radius 1 is 1.15 bits per heavy atom. The fourth-order valence-electron chi connectivity index (χ4n) is 2.47. The van der Waals surface area contributed by atoms with Gasteiger partial charge in [-0.25, -0.2) is 8.78 Å². The van der Waals surface area contributed by atoms with Crippen molar-refractivity contribution in [2.24, 2.45) is 5.73 Å². The van der Waals surface area contributed by atoms with Crippen LogP contribution in [-0.2, 0) is 0 Å². The molecule has 1 aliphatic rings. The highest BCUT2D eigenvalue weighted by Gasteiger charge is 2.30. The monoisotopic (exact) mass is 295 g/mol. The summed E-state index contributed by atoms with van der Waals surface area (Å²) in [5, 5.41) is 0.554. The van der Waals surface area contributed by atoms with Crippen molar-refractivity contribution in [1.82, 2.24) is 0 Å². The number of rotatable bonds is 1. The van der Waals surface area contributed by atoms with E-state index in [0.29, 0.717) is 17.2 Å². The van der Waals surface area contributed by atoms with Gasteiger partial charge < -0.3 is 10.5 Å². The van der Waals surface area contributed by atoms with Crippen molar-refractivity contribution in [3.8, 4) is 5.75 Å². The summed E-state index contributed by atoms with van der Waals surface area (Å²) in [6.07, 6.45) is -0.439. The minimum absolute atomic E-state index is 0.0800. The molecule has 0 aliphatic carbocycles. The first-order valence-corrected chi connectivity index (χ1v) is 6.59. The molecule has 3 rings (SSSR count). The number of fused-ring (bicyclic) bond motifs is 1. The van der Waals surface area contributed by atoms with Crippen molar-refractivity contribution in [2.45, 2.75) is 18.6 Å². The average molecular weight is 296 g/mol. The number of halogens is 3. The van der Waals surface area contributed by atoms with Crippen molar-refractivity contribution < 1.29 is 13.5 Å². The highest BCUT2D eigenvalue weighted by Crippen LogP contribution is 2.41. The Labute approximate surface area is 120 Å². The average Bonchev–Trinajstić information content (AvgIpc) is 2.39. The number of nitrogens with two attached hydrogens (primary N) is 1. The van der Waals surface area contributed by atoms with Gasteiger partial charge in [0.2, 0.25) is 0 Å². The first-order chi connectivity index (χ1) is 9.56. The molecule has 0 spiro atoms. The fourth-order valence-corrected chi connectivity index (χ4v) is 2.65. The summed E-state index contributed by atoms with van der Waals surface area (Å²) in [5.41, 5.74) is 6.73. The van der Waals surface area contributed by atoms with Crippen LogP contribution in [-0.4, -0.2) is 0 Å². The Kier molecular flexibility index (Phi) is 3.36. The van der Waals surface area contributed by atoms with E-state index in [1.807, 2.05) is 0 Å². The molecule has 0 fully saturated rings. The maximum atomic E-state index is 13.8. The predicted octanol–water partition coefficient (Wildman–Crippen LogP) is 4.14. The summed E-state index contributed by atoms with van der Waals surface area (Å²) in [6.45, 7) is 0. The molecule has 1 unspecified atom stereocenters. The highest BCUT2D eigenvalue weighted by atomic mass is 35.5. The second-order valence-electron chi connectivity index (χ2n) is 4.77. The molecule has 2 aromatic rings. The van der Waals surface area contributed by atoms with E-state index >= 15 is 0 Å². The molecule has 0 aromatic heterocycles. The van der Waals surface area contributed by atoms with E-state index in [1.165, 1.54) is 18.2 Å². The summed E-state index contributed by atoms with van der Waals surface area (Å²) in [4.78, 5) is 0. The lowest BCUT2D eigenvalue weighted by Crippen LogP contribution is -2.25. The van der Waals surface area contributed by atoms with Gasteiger partial charge in [0.15, 0.2) is 0 Å². The first kappa shape index (κ1) is 13.3. The minimum atomic E-state index is -0.736. The number of benzene rings is 2. The Bertz CT molecular complexity index is 642. The van der Waals surface area contributed by atoms with Gasteiger partial charge in [0.25, 0.3) is 0 Å². The van der Waals surface area contributed by atoms with Crippen molar-refractivity contribution in [3.63, 3.8) is 0 Å².